The maximum absolute atomic E-state index is 11.7. The monoisotopic (exact) mass is 283 g/mol. The summed E-state index contributed by atoms with van der Waals surface area (Å²) in [4.78, 5) is 11.7. The van der Waals surface area contributed by atoms with Gasteiger partial charge < -0.3 is 25.4 Å². The molecule has 0 aromatic heterocycles. The van der Waals surface area contributed by atoms with Crippen molar-refractivity contribution in [2.45, 2.75) is 18.9 Å². The van der Waals surface area contributed by atoms with Crippen molar-refractivity contribution in [1.29, 1.82) is 0 Å². The molecule has 112 valence electrons. The number of rotatable bonds is 8. The standard InChI is InChI=1S/C14H21NO5/c1-11-4-2-3-5-12(11)20-7-6-13(19)15-14(8-16,9-17)10-18/h2-5,16-18H,6-10H2,1H3,(H,15,19). The summed E-state index contributed by atoms with van der Waals surface area (Å²) in [5, 5.41) is 29.7. The lowest BCUT2D eigenvalue weighted by molar-refractivity contribution is -0.125. The van der Waals surface area contributed by atoms with E-state index in [-0.39, 0.29) is 13.0 Å². The predicted molar refractivity (Wildman–Crippen MR) is 73.4 cm³/mol. The largest absolute Gasteiger partial charge is 0.493 e. The molecule has 0 heterocycles. The van der Waals surface area contributed by atoms with E-state index in [1.165, 1.54) is 0 Å². The Morgan fingerprint density at radius 1 is 1.20 bits per heavy atom. The van der Waals surface area contributed by atoms with Gasteiger partial charge in [0.2, 0.25) is 5.91 Å². The summed E-state index contributed by atoms with van der Waals surface area (Å²) in [6.45, 7) is 0.470. The molecule has 0 saturated heterocycles. The SMILES string of the molecule is Cc1ccccc1OCCC(=O)NC(CO)(CO)CO. The molecule has 0 aliphatic rings. The molecule has 6 nitrogen and oxygen atoms in total. The molecule has 6 heteroatoms. The highest BCUT2D eigenvalue weighted by atomic mass is 16.5. The Bertz CT molecular complexity index is 423. The minimum atomic E-state index is -1.39. The molecular formula is C14H21NO5. The summed E-state index contributed by atoms with van der Waals surface area (Å²) in [5.74, 6) is 0.300. The quantitative estimate of drug-likeness (QED) is 0.520. The Balaban J connectivity index is 2.42. The van der Waals surface area contributed by atoms with E-state index in [2.05, 4.69) is 5.32 Å². The van der Waals surface area contributed by atoms with Crippen LogP contribution in [0, 0.1) is 6.92 Å². The van der Waals surface area contributed by atoms with Gasteiger partial charge in [0.25, 0.3) is 0 Å². The number of carbonyl (C=O) groups excluding carboxylic acids is 1. The van der Waals surface area contributed by atoms with Crippen molar-refractivity contribution in [2.75, 3.05) is 26.4 Å². The summed E-state index contributed by atoms with van der Waals surface area (Å²) in [7, 11) is 0. The first kappa shape index (κ1) is 16.4. The lowest BCUT2D eigenvalue weighted by atomic mass is 10.0. The van der Waals surface area contributed by atoms with Gasteiger partial charge in [-0.25, -0.2) is 0 Å². The number of nitrogens with one attached hydrogen (secondary N) is 1. The highest BCUT2D eigenvalue weighted by Gasteiger charge is 2.29. The molecule has 20 heavy (non-hydrogen) atoms. The van der Waals surface area contributed by atoms with Crippen molar-refractivity contribution in [3.05, 3.63) is 29.8 Å². The molecule has 0 fully saturated rings. The second-order valence-electron chi connectivity index (χ2n) is 4.67. The number of carbonyl (C=O) groups is 1. The van der Waals surface area contributed by atoms with Gasteiger partial charge in [-0.2, -0.15) is 0 Å². The fraction of sp³-hybridized carbons (Fsp3) is 0.500. The van der Waals surface area contributed by atoms with Crippen LogP contribution in [0.15, 0.2) is 24.3 Å². The van der Waals surface area contributed by atoms with Gasteiger partial charge in [0.15, 0.2) is 0 Å². The maximum atomic E-state index is 11.7. The summed E-state index contributed by atoms with van der Waals surface area (Å²) in [6, 6.07) is 7.46. The maximum Gasteiger partial charge on any atom is 0.224 e. The first-order valence-electron chi connectivity index (χ1n) is 6.39. The van der Waals surface area contributed by atoms with E-state index >= 15 is 0 Å². The Morgan fingerprint density at radius 3 is 2.35 bits per heavy atom. The van der Waals surface area contributed by atoms with Crippen LogP contribution in [0.4, 0.5) is 0 Å². The van der Waals surface area contributed by atoms with Crippen LogP contribution < -0.4 is 10.1 Å². The van der Waals surface area contributed by atoms with Crippen molar-refractivity contribution in [3.63, 3.8) is 0 Å². The number of hydrogen-bond acceptors (Lipinski definition) is 5. The third-order valence-electron chi connectivity index (χ3n) is 2.99. The van der Waals surface area contributed by atoms with Crippen LogP contribution in [0.2, 0.25) is 0 Å². The normalized spacial score (nSPS) is 11.2. The van der Waals surface area contributed by atoms with Gasteiger partial charge in [-0.3, -0.25) is 4.79 Å². The van der Waals surface area contributed by atoms with E-state index in [0.717, 1.165) is 5.56 Å². The van der Waals surface area contributed by atoms with Gasteiger partial charge in [0.1, 0.15) is 11.3 Å². The summed E-state index contributed by atoms with van der Waals surface area (Å²) in [5.41, 5.74) is -0.414. The summed E-state index contributed by atoms with van der Waals surface area (Å²) < 4.78 is 5.47. The van der Waals surface area contributed by atoms with Gasteiger partial charge in [-0.1, -0.05) is 18.2 Å². The van der Waals surface area contributed by atoms with Crippen LogP contribution >= 0.6 is 0 Å². The number of aliphatic hydroxyl groups is 3. The summed E-state index contributed by atoms with van der Waals surface area (Å²) in [6.07, 6.45) is 0.0656. The molecule has 0 saturated carbocycles. The van der Waals surface area contributed by atoms with E-state index < -0.39 is 31.3 Å². The zero-order chi connectivity index (χ0) is 15.0. The number of aryl methyl sites for hydroxylation is 1. The van der Waals surface area contributed by atoms with E-state index in [1.54, 1.807) is 0 Å². The van der Waals surface area contributed by atoms with Crippen molar-refractivity contribution in [3.8, 4) is 5.75 Å². The second kappa shape index (κ2) is 7.84. The molecular weight excluding hydrogens is 262 g/mol. The van der Waals surface area contributed by atoms with Crippen LogP contribution in [0.1, 0.15) is 12.0 Å². The fourth-order valence-electron chi connectivity index (χ4n) is 1.60. The Kier molecular flexibility index (Phi) is 6.44. The van der Waals surface area contributed by atoms with Gasteiger partial charge in [-0.15, -0.1) is 0 Å². The van der Waals surface area contributed by atoms with E-state index in [4.69, 9.17) is 20.1 Å². The molecule has 4 N–H and O–H groups in total. The van der Waals surface area contributed by atoms with Crippen LogP contribution in [0.3, 0.4) is 0 Å². The number of hydrogen-bond donors (Lipinski definition) is 4. The minimum absolute atomic E-state index is 0.0656. The Labute approximate surface area is 118 Å². The molecule has 0 bridgehead atoms. The average molecular weight is 283 g/mol. The van der Waals surface area contributed by atoms with E-state index in [9.17, 15) is 4.79 Å². The van der Waals surface area contributed by atoms with Gasteiger partial charge in [-0.05, 0) is 18.6 Å². The molecule has 0 atom stereocenters. The van der Waals surface area contributed by atoms with Crippen molar-refractivity contribution in [2.24, 2.45) is 0 Å². The number of aliphatic hydroxyl groups excluding tert-OH is 3. The fourth-order valence-corrected chi connectivity index (χ4v) is 1.60. The molecule has 1 rings (SSSR count). The minimum Gasteiger partial charge on any atom is -0.493 e. The molecule has 1 aromatic carbocycles. The Morgan fingerprint density at radius 2 is 1.80 bits per heavy atom. The van der Waals surface area contributed by atoms with Crippen molar-refractivity contribution in [1.82, 2.24) is 5.32 Å². The molecule has 1 aromatic rings. The van der Waals surface area contributed by atoms with Crippen LogP contribution in [0.5, 0.6) is 5.75 Å². The third kappa shape index (κ3) is 4.48. The molecule has 0 radical (unpaired) electrons. The number of ether oxygens (including phenoxy) is 1. The first-order valence-corrected chi connectivity index (χ1v) is 6.39. The third-order valence-corrected chi connectivity index (χ3v) is 2.99. The predicted octanol–water partition coefficient (Wildman–Crippen LogP) is -0.404. The van der Waals surface area contributed by atoms with E-state index in [0.29, 0.717) is 5.75 Å². The van der Waals surface area contributed by atoms with Gasteiger partial charge >= 0.3 is 0 Å². The summed E-state index contributed by atoms with van der Waals surface area (Å²) >= 11 is 0. The highest BCUT2D eigenvalue weighted by molar-refractivity contribution is 5.77. The smallest absolute Gasteiger partial charge is 0.224 e. The molecule has 0 aliphatic heterocycles. The number of para-hydroxylation sites is 1. The topological polar surface area (TPSA) is 99.0 Å². The van der Waals surface area contributed by atoms with Crippen LogP contribution in [-0.2, 0) is 4.79 Å². The van der Waals surface area contributed by atoms with Gasteiger partial charge in [0, 0.05) is 0 Å². The molecule has 0 unspecified atom stereocenters. The van der Waals surface area contributed by atoms with Crippen molar-refractivity contribution < 1.29 is 24.9 Å². The molecule has 0 aliphatic carbocycles. The molecule has 1 amide bonds. The zero-order valence-corrected chi connectivity index (χ0v) is 11.5. The average Bonchev–Trinajstić information content (AvgIpc) is 2.47. The lowest BCUT2D eigenvalue weighted by Crippen LogP contribution is -2.57. The zero-order valence-electron chi connectivity index (χ0n) is 11.5. The number of benzene rings is 1. The van der Waals surface area contributed by atoms with E-state index in [1.807, 2.05) is 31.2 Å². The lowest BCUT2D eigenvalue weighted by Gasteiger charge is -2.28. The van der Waals surface area contributed by atoms with Crippen molar-refractivity contribution >= 4 is 5.91 Å². The number of amides is 1. The first-order chi connectivity index (χ1) is 9.56. The molecule has 0 spiro atoms. The second-order valence-corrected chi connectivity index (χ2v) is 4.67. The van der Waals surface area contributed by atoms with Crippen LogP contribution in [-0.4, -0.2) is 53.2 Å². The van der Waals surface area contributed by atoms with Crippen LogP contribution in [0.25, 0.3) is 0 Å². The Hall–Kier alpha value is -1.63. The highest BCUT2D eigenvalue weighted by Crippen LogP contribution is 2.16. The van der Waals surface area contributed by atoms with Gasteiger partial charge in [0.05, 0.1) is 32.8 Å².